The van der Waals surface area contributed by atoms with Crippen molar-refractivity contribution in [1.82, 2.24) is 0 Å². The van der Waals surface area contributed by atoms with E-state index in [4.69, 9.17) is 0 Å². The van der Waals surface area contributed by atoms with Gasteiger partial charge in [0.1, 0.15) is 0 Å². The van der Waals surface area contributed by atoms with Gasteiger partial charge < -0.3 is 0 Å². The van der Waals surface area contributed by atoms with Crippen LogP contribution in [0, 0.1) is 0 Å². The number of carbonyl (C=O) groups excluding carboxylic acids is 1. The summed E-state index contributed by atoms with van der Waals surface area (Å²) in [7, 11) is 0. The highest BCUT2D eigenvalue weighted by Gasteiger charge is 2.10. The van der Waals surface area contributed by atoms with Gasteiger partial charge in [-0.05, 0) is 25.3 Å². The summed E-state index contributed by atoms with van der Waals surface area (Å²) in [6, 6.07) is 7.67. The average Bonchev–Trinajstić information content (AvgIpc) is 2.17. The number of halogens is 1. The van der Waals surface area contributed by atoms with E-state index in [-0.39, 0.29) is 10.6 Å². The second-order valence-electron chi connectivity index (χ2n) is 2.71. The Kier molecular flexibility index (Phi) is 4.00. The van der Waals surface area contributed by atoms with Crippen LogP contribution in [0.5, 0.6) is 0 Å². The van der Waals surface area contributed by atoms with Gasteiger partial charge in [-0.2, -0.15) is 0 Å². The number of carbonyl (C=O) groups is 1. The molecule has 0 aliphatic rings. The standard InChI is InChI=1S/C10H11BrOS/c1-7(11)10(12)8-3-5-9(13-2)6-4-8/h3-7H,1-2H3. The fourth-order valence-corrected chi connectivity index (χ4v) is 1.66. The van der Waals surface area contributed by atoms with E-state index in [2.05, 4.69) is 15.9 Å². The van der Waals surface area contributed by atoms with Gasteiger partial charge >= 0.3 is 0 Å². The molecular weight excluding hydrogens is 248 g/mol. The number of benzene rings is 1. The monoisotopic (exact) mass is 258 g/mol. The topological polar surface area (TPSA) is 17.1 Å². The molecule has 1 aromatic rings. The van der Waals surface area contributed by atoms with E-state index in [0.29, 0.717) is 0 Å². The van der Waals surface area contributed by atoms with Crippen molar-refractivity contribution in [3.05, 3.63) is 29.8 Å². The summed E-state index contributed by atoms with van der Waals surface area (Å²) in [6.07, 6.45) is 2.02. The highest BCUT2D eigenvalue weighted by atomic mass is 79.9. The molecule has 3 heteroatoms. The Hall–Kier alpha value is -0.280. The molecule has 1 atom stereocenters. The lowest BCUT2D eigenvalue weighted by Gasteiger charge is -2.03. The zero-order valence-electron chi connectivity index (χ0n) is 7.58. The maximum absolute atomic E-state index is 11.5. The zero-order valence-corrected chi connectivity index (χ0v) is 9.98. The molecule has 0 heterocycles. The molecular formula is C10H11BrOS. The van der Waals surface area contributed by atoms with Crippen LogP contribution in [-0.4, -0.2) is 16.9 Å². The molecule has 0 saturated carbocycles. The highest BCUT2D eigenvalue weighted by molar-refractivity contribution is 9.10. The summed E-state index contributed by atoms with van der Waals surface area (Å²) in [4.78, 5) is 12.6. The number of rotatable bonds is 3. The van der Waals surface area contributed by atoms with Crippen LogP contribution < -0.4 is 0 Å². The molecule has 0 aliphatic heterocycles. The van der Waals surface area contributed by atoms with Gasteiger partial charge in [-0.1, -0.05) is 28.1 Å². The molecule has 70 valence electrons. The van der Waals surface area contributed by atoms with Gasteiger partial charge in [0.15, 0.2) is 5.78 Å². The van der Waals surface area contributed by atoms with Gasteiger partial charge in [0.05, 0.1) is 4.83 Å². The van der Waals surface area contributed by atoms with Crippen LogP contribution in [0.4, 0.5) is 0 Å². The van der Waals surface area contributed by atoms with Crippen molar-refractivity contribution in [3.63, 3.8) is 0 Å². The molecule has 0 N–H and O–H groups in total. The number of hydrogen-bond donors (Lipinski definition) is 0. The van der Waals surface area contributed by atoms with Crippen molar-refractivity contribution in [2.45, 2.75) is 16.6 Å². The van der Waals surface area contributed by atoms with Crippen LogP contribution in [0.25, 0.3) is 0 Å². The van der Waals surface area contributed by atoms with E-state index in [1.165, 1.54) is 4.90 Å². The summed E-state index contributed by atoms with van der Waals surface area (Å²) < 4.78 is 0. The Labute approximate surface area is 91.0 Å². The van der Waals surface area contributed by atoms with Gasteiger partial charge in [0, 0.05) is 10.5 Å². The lowest BCUT2D eigenvalue weighted by Crippen LogP contribution is -2.09. The number of Topliss-reactive ketones (excluding diaryl/α,β-unsaturated/α-hetero) is 1. The normalized spacial score (nSPS) is 12.5. The third kappa shape index (κ3) is 2.85. The van der Waals surface area contributed by atoms with E-state index in [9.17, 15) is 4.79 Å². The number of ketones is 1. The fourth-order valence-electron chi connectivity index (χ4n) is 0.985. The second kappa shape index (κ2) is 4.82. The van der Waals surface area contributed by atoms with Gasteiger partial charge in [-0.15, -0.1) is 11.8 Å². The minimum Gasteiger partial charge on any atom is -0.293 e. The van der Waals surface area contributed by atoms with Crippen LogP contribution in [0.1, 0.15) is 17.3 Å². The zero-order chi connectivity index (χ0) is 9.84. The first kappa shape index (κ1) is 10.8. The maximum Gasteiger partial charge on any atom is 0.176 e. The summed E-state index contributed by atoms with van der Waals surface area (Å²) in [5.74, 6) is 0.132. The van der Waals surface area contributed by atoms with E-state index >= 15 is 0 Å². The first-order valence-electron chi connectivity index (χ1n) is 3.97. The van der Waals surface area contributed by atoms with E-state index < -0.39 is 0 Å². The number of alkyl halides is 1. The SMILES string of the molecule is CSc1ccc(C(=O)C(C)Br)cc1. The first-order chi connectivity index (χ1) is 6.15. The van der Waals surface area contributed by atoms with Crippen molar-refractivity contribution in [2.24, 2.45) is 0 Å². The molecule has 0 amide bonds. The third-order valence-corrected chi connectivity index (χ3v) is 2.90. The Morgan fingerprint density at radius 3 is 2.31 bits per heavy atom. The molecule has 0 radical (unpaired) electrons. The lowest BCUT2D eigenvalue weighted by atomic mass is 10.1. The van der Waals surface area contributed by atoms with Gasteiger partial charge in [0.2, 0.25) is 0 Å². The van der Waals surface area contributed by atoms with Crippen molar-refractivity contribution in [2.75, 3.05) is 6.26 Å². The molecule has 0 aliphatic carbocycles. The van der Waals surface area contributed by atoms with Crippen LogP contribution in [0.15, 0.2) is 29.2 Å². The van der Waals surface area contributed by atoms with E-state index in [1.807, 2.05) is 37.4 Å². The molecule has 1 nitrogen and oxygen atoms in total. The molecule has 13 heavy (non-hydrogen) atoms. The summed E-state index contributed by atoms with van der Waals surface area (Å²) in [5.41, 5.74) is 0.766. The van der Waals surface area contributed by atoms with E-state index in [0.717, 1.165) is 5.56 Å². The van der Waals surface area contributed by atoms with Crippen LogP contribution in [-0.2, 0) is 0 Å². The fraction of sp³-hybridized carbons (Fsp3) is 0.300. The predicted molar refractivity (Wildman–Crippen MR) is 60.9 cm³/mol. The maximum atomic E-state index is 11.5. The van der Waals surface area contributed by atoms with Crippen molar-refractivity contribution in [1.29, 1.82) is 0 Å². The summed E-state index contributed by atoms with van der Waals surface area (Å²) >= 11 is 4.93. The highest BCUT2D eigenvalue weighted by Crippen LogP contribution is 2.16. The third-order valence-electron chi connectivity index (χ3n) is 1.74. The molecule has 0 saturated heterocycles. The van der Waals surface area contributed by atoms with Crippen molar-refractivity contribution >= 4 is 33.5 Å². The largest absolute Gasteiger partial charge is 0.293 e. The molecule has 1 unspecified atom stereocenters. The Balaban J connectivity index is 2.86. The summed E-state index contributed by atoms with van der Waals surface area (Å²) in [5, 5.41) is 0. The molecule has 1 aromatic carbocycles. The number of thioether (sulfide) groups is 1. The van der Waals surface area contributed by atoms with Crippen LogP contribution in [0.3, 0.4) is 0 Å². The number of hydrogen-bond acceptors (Lipinski definition) is 2. The lowest BCUT2D eigenvalue weighted by molar-refractivity contribution is 0.0996. The predicted octanol–water partition coefficient (Wildman–Crippen LogP) is 3.37. The first-order valence-corrected chi connectivity index (χ1v) is 6.11. The minimum absolute atomic E-state index is 0.104. The smallest absolute Gasteiger partial charge is 0.176 e. The van der Waals surface area contributed by atoms with Crippen molar-refractivity contribution in [3.8, 4) is 0 Å². The second-order valence-corrected chi connectivity index (χ2v) is 4.96. The van der Waals surface area contributed by atoms with Gasteiger partial charge in [-0.3, -0.25) is 4.79 Å². The molecule has 0 fully saturated rings. The molecule has 0 bridgehead atoms. The Morgan fingerprint density at radius 1 is 1.38 bits per heavy atom. The van der Waals surface area contributed by atoms with Crippen LogP contribution >= 0.6 is 27.7 Å². The Bertz CT molecular complexity index is 292. The van der Waals surface area contributed by atoms with Gasteiger partial charge in [0.25, 0.3) is 0 Å². The molecule has 0 spiro atoms. The van der Waals surface area contributed by atoms with Gasteiger partial charge in [-0.25, -0.2) is 0 Å². The van der Waals surface area contributed by atoms with Crippen molar-refractivity contribution < 1.29 is 4.79 Å². The quantitative estimate of drug-likeness (QED) is 0.470. The molecule has 0 aromatic heterocycles. The minimum atomic E-state index is -0.104. The summed E-state index contributed by atoms with van der Waals surface area (Å²) in [6.45, 7) is 1.84. The Morgan fingerprint density at radius 2 is 1.92 bits per heavy atom. The molecule has 1 rings (SSSR count). The van der Waals surface area contributed by atoms with E-state index in [1.54, 1.807) is 11.8 Å². The average molecular weight is 259 g/mol. The van der Waals surface area contributed by atoms with Crippen LogP contribution in [0.2, 0.25) is 0 Å².